The van der Waals surface area contributed by atoms with Crippen molar-refractivity contribution in [1.29, 1.82) is 5.26 Å². The van der Waals surface area contributed by atoms with E-state index in [2.05, 4.69) is 11.1 Å². The van der Waals surface area contributed by atoms with E-state index in [-0.39, 0.29) is 5.91 Å². The Labute approximate surface area is 99.9 Å². The van der Waals surface area contributed by atoms with E-state index in [1.165, 1.54) is 0 Å². The quantitative estimate of drug-likeness (QED) is 0.808. The van der Waals surface area contributed by atoms with Gasteiger partial charge in [-0.15, -0.1) is 0 Å². The molecule has 2 rings (SSSR count). The summed E-state index contributed by atoms with van der Waals surface area (Å²) in [5.74, 6) is 0.342. The van der Waals surface area contributed by atoms with Crippen molar-refractivity contribution in [2.45, 2.75) is 13.3 Å². The van der Waals surface area contributed by atoms with Gasteiger partial charge in [0.2, 0.25) is 5.91 Å². The molecule has 1 fully saturated rings. The van der Waals surface area contributed by atoms with E-state index in [9.17, 15) is 4.79 Å². The van der Waals surface area contributed by atoms with Crippen molar-refractivity contribution in [3.63, 3.8) is 0 Å². The molecule has 0 saturated carbocycles. The number of nitrogens with zero attached hydrogens (tertiary/aromatic N) is 3. The highest BCUT2D eigenvalue weighted by molar-refractivity contribution is 5.82. The predicted octanol–water partition coefficient (Wildman–Crippen LogP) is 0.655. The summed E-state index contributed by atoms with van der Waals surface area (Å²) in [4.78, 5) is 17.5. The molecule has 0 aromatic carbocycles. The first-order valence-electron chi connectivity index (χ1n) is 5.47. The Morgan fingerprint density at radius 1 is 1.71 bits per heavy atom. The summed E-state index contributed by atoms with van der Waals surface area (Å²) in [6.45, 7) is 3.07. The van der Waals surface area contributed by atoms with E-state index < -0.39 is 5.41 Å². The Balaban J connectivity index is 2.27. The summed E-state index contributed by atoms with van der Waals surface area (Å²) < 4.78 is 0. The summed E-state index contributed by atoms with van der Waals surface area (Å²) in [6, 6.07) is 5.56. The molecule has 1 unspecified atom stereocenters. The van der Waals surface area contributed by atoms with Gasteiger partial charge < -0.3 is 10.6 Å². The number of rotatable bonds is 2. The second-order valence-corrected chi connectivity index (χ2v) is 4.58. The smallest absolute Gasteiger partial charge is 0.225 e. The van der Waals surface area contributed by atoms with E-state index in [0.717, 1.165) is 0 Å². The van der Waals surface area contributed by atoms with Crippen LogP contribution in [0.25, 0.3) is 0 Å². The highest BCUT2D eigenvalue weighted by Crippen LogP contribution is 2.33. The number of pyridine rings is 1. The topological polar surface area (TPSA) is 83.0 Å². The third-order valence-electron chi connectivity index (χ3n) is 3.27. The Morgan fingerprint density at radius 3 is 3.06 bits per heavy atom. The standard InChI is InChI=1S/C12H14N4O/c1-12(11(14)17)4-6-16(8-12)10-9(7-13)3-2-5-15-10/h2-3,5H,4,6,8H2,1H3,(H2,14,17). The molecule has 1 aromatic rings. The maximum atomic E-state index is 11.4. The lowest BCUT2D eigenvalue weighted by atomic mass is 9.89. The van der Waals surface area contributed by atoms with Gasteiger partial charge in [0.25, 0.3) is 0 Å². The van der Waals surface area contributed by atoms with Crippen LogP contribution in [0.4, 0.5) is 5.82 Å². The lowest BCUT2D eigenvalue weighted by Gasteiger charge is -2.22. The first-order chi connectivity index (χ1) is 8.07. The average Bonchev–Trinajstić information content (AvgIpc) is 2.73. The Bertz CT molecular complexity index is 494. The van der Waals surface area contributed by atoms with Crippen LogP contribution in [0.1, 0.15) is 18.9 Å². The first-order valence-corrected chi connectivity index (χ1v) is 5.47. The molecule has 1 aliphatic rings. The highest BCUT2D eigenvalue weighted by atomic mass is 16.1. The summed E-state index contributed by atoms with van der Waals surface area (Å²) in [5.41, 5.74) is 5.40. The molecule has 0 radical (unpaired) electrons. The number of nitriles is 1. The Morgan fingerprint density at radius 2 is 2.47 bits per heavy atom. The van der Waals surface area contributed by atoms with Crippen LogP contribution in [0.5, 0.6) is 0 Å². The summed E-state index contributed by atoms with van der Waals surface area (Å²) >= 11 is 0. The normalized spacial score (nSPS) is 23.4. The van der Waals surface area contributed by atoms with Gasteiger partial charge in [0, 0.05) is 19.3 Å². The van der Waals surface area contributed by atoms with Crippen molar-refractivity contribution in [1.82, 2.24) is 4.98 Å². The SMILES string of the molecule is CC1(C(N)=O)CCN(c2ncccc2C#N)C1. The molecule has 0 bridgehead atoms. The van der Waals surface area contributed by atoms with Gasteiger partial charge >= 0.3 is 0 Å². The van der Waals surface area contributed by atoms with Crippen molar-refractivity contribution in [3.8, 4) is 6.07 Å². The number of nitrogens with two attached hydrogens (primary N) is 1. The number of hydrogen-bond donors (Lipinski definition) is 1. The van der Waals surface area contributed by atoms with Crippen molar-refractivity contribution < 1.29 is 4.79 Å². The minimum absolute atomic E-state index is 0.297. The van der Waals surface area contributed by atoms with Crippen molar-refractivity contribution >= 4 is 11.7 Å². The zero-order valence-electron chi connectivity index (χ0n) is 9.68. The fourth-order valence-electron chi connectivity index (χ4n) is 2.08. The zero-order chi connectivity index (χ0) is 12.5. The maximum absolute atomic E-state index is 11.4. The molecule has 1 amide bonds. The molecule has 0 spiro atoms. The molecule has 2 N–H and O–H groups in total. The van der Waals surface area contributed by atoms with Crippen LogP contribution in [-0.2, 0) is 4.79 Å². The monoisotopic (exact) mass is 230 g/mol. The predicted molar refractivity (Wildman–Crippen MR) is 63.1 cm³/mol. The fraction of sp³-hybridized carbons (Fsp3) is 0.417. The van der Waals surface area contributed by atoms with Crippen LogP contribution < -0.4 is 10.6 Å². The number of anilines is 1. The molecule has 5 heteroatoms. The molecule has 17 heavy (non-hydrogen) atoms. The van der Waals surface area contributed by atoms with Crippen LogP contribution >= 0.6 is 0 Å². The molecule has 0 aliphatic carbocycles. The highest BCUT2D eigenvalue weighted by Gasteiger charge is 2.39. The number of amides is 1. The second-order valence-electron chi connectivity index (χ2n) is 4.58. The van der Waals surface area contributed by atoms with Gasteiger partial charge in [0.15, 0.2) is 0 Å². The van der Waals surface area contributed by atoms with Crippen LogP contribution in [0.2, 0.25) is 0 Å². The molecule has 5 nitrogen and oxygen atoms in total. The number of carbonyl (C=O) groups excluding carboxylic acids is 1. The molecule has 2 heterocycles. The first kappa shape index (κ1) is 11.4. The minimum Gasteiger partial charge on any atom is -0.369 e. The van der Waals surface area contributed by atoms with Crippen LogP contribution in [0, 0.1) is 16.7 Å². The average molecular weight is 230 g/mol. The van der Waals surface area contributed by atoms with E-state index in [1.807, 2.05) is 11.8 Å². The lowest BCUT2D eigenvalue weighted by Crippen LogP contribution is -2.37. The molecule has 1 aliphatic heterocycles. The molecular formula is C12H14N4O. The largest absolute Gasteiger partial charge is 0.369 e. The molecule has 1 atom stereocenters. The Kier molecular flexibility index (Phi) is 2.72. The van der Waals surface area contributed by atoms with Gasteiger partial charge in [0.1, 0.15) is 11.9 Å². The van der Waals surface area contributed by atoms with Crippen LogP contribution in [0.15, 0.2) is 18.3 Å². The fourth-order valence-corrected chi connectivity index (χ4v) is 2.08. The van der Waals surface area contributed by atoms with Crippen molar-refractivity contribution in [3.05, 3.63) is 23.9 Å². The number of hydrogen-bond acceptors (Lipinski definition) is 4. The van der Waals surface area contributed by atoms with Crippen molar-refractivity contribution in [2.24, 2.45) is 11.1 Å². The van der Waals surface area contributed by atoms with Crippen LogP contribution in [0.3, 0.4) is 0 Å². The third kappa shape index (κ3) is 1.94. The number of primary amides is 1. The van der Waals surface area contributed by atoms with Gasteiger partial charge in [-0.1, -0.05) is 0 Å². The molecular weight excluding hydrogens is 216 g/mol. The van der Waals surface area contributed by atoms with E-state index in [1.54, 1.807) is 18.3 Å². The van der Waals surface area contributed by atoms with Crippen LogP contribution in [-0.4, -0.2) is 24.0 Å². The lowest BCUT2D eigenvalue weighted by molar-refractivity contribution is -0.125. The summed E-state index contributed by atoms with van der Waals surface area (Å²) in [5, 5.41) is 9.01. The Hall–Kier alpha value is -2.09. The minimum atomic E-state index is -0.524. The number of carbonyl (C=O) groups is 1. The van der Waals surface area contributed by atoms with E-state index >= 15 is 0 Å². The van der Waals surface area contributed by atoms with Gasteiger partial charge in [-0.3, -0.25) is 4.79 Å². The van der Waals surface area contributed by atoms with E-state index in [4.69, 9.17) is 11.0 Å². The van der Waals surface area contributed by atoms with Crippen molar-refractivity contribution in [2.75, 3.05) is 18.0 Å². The number of aromatic nitrogens is 1. The summed E-state index contributed by atoms with van der Waals surface area (Å²) in [6.07, 6.45) is 2.35. The van der Waals surface area contributed by atoms with Gasteiger partial charge in [0.05, 0.1) is 11.0 Å². The zero-order valence-corrected chi connectivity index (χ0v) is 9.68. The van der Waals surface area contributed by atoms with Gasteiger partial charge in [-0.05, 0) is 25.5 Å². The third-order valence-corrected chi connectivity index (χ3v) is 3.27. The summed E-state index contributed by atoms with van der Waals surface area (Å²) in [7, 11) is 0. The molecule has 88 valence electrons. The maximum Gasteiger partial charge on any atom is 0.225 e. The molecule has 1 aromatic heterocycles. The molecule has 1 saturated heterocycles. The van der Waals surface area contributed by atoms with E-state index in [0.29, 0.717) is 30.9 Å². The second kappa shape index (κ2) is 4.06. The van der Waals surface area contributed by atoms with Gasteiger partial charge in [-0.2, -0.15) is 5.26 Å². The van der Waals surface area contributed by atoms with Gasteiger partial charge in [-0.25, -0.2) is 4.98 Å².